The highest BCUT2D eigenvalue weighted by Crippen LogP contribution is 2.45. The minimum Gasteiger partial charge on any atom is -0.456 e. The van der Waals surface area contributed by atoms with Gasteiger partial charge in [-0.1, -0.05) is 121 Å². The Labute approximate surface area is 236 Å². The topological polar surface area (TPSA) is 13.1 Å². The molecule has 8 aromatic rings. The number of para-hydroxylation sites is 1. The molecule has 0 aliphatic heterocycles. The minimum atomic E-state index is -0.392. The van der Waals surface area contributed by atoms with Crippen molar-refractivity contribution >= 4 is 43.5 Å². The summed E-state index contributed by atoms with van der Waals surface area (Å²) in [5, 5.41) is 2.85. The van der Waals surface area contributed by atoms with Gasteiger partial charge in [-0.2, -0.15) is 0 Å². The number of hydrogen-bond acceptors (Lipinski definition) is 1. The Bertz CT molecular complexity index is 2540. The highest BCUT2D eigenvalue weighted by atomic mass is 16.3. The molecule has 0 radical (unpaired) electrons. The summed E-state index contributed by atoms with van der Waals surface area (Å²) in [7, 11) is 0. The van der Waals surface area contributed by atoms with Gasteiger partial charge < -0.3 is 4.42 Å². The molecule has 0 fully saturated rings. The van der Waals surface area contributed by atoms with Crippen LogP contribution in [0.5, 0.6) is 0 Å². The Balaban J connectivity index is 1.68. The number of fused-ring (bicyclic) bond motifs is 5. The first-order chi connectivity index (χ1) is 22.3. The number of benzene rings is 7. The Morgan fingerprint density at radius 2 is 1.03 bits per heavy atom. The molecule has 1 aromatic heterocycles. The molecule has 0 bridgehead atoms. The summed E-state index contributed by atoms with van der Waals surface area (Å²) < 4.78 is 70.2. The predicted octanol–water partition coefficient (Wildman–Crippen LogP) is 10.9. The van der Waals surface area contributed by atoms with Crippen LogP contribution in [0, 0.1) is 0 Å². The molecule has 8 rings (SSSR count). The van der Waals surface area contributed by atoms with E-state index in [1.54, 1.807) is 0 Å². The zero-order valence-electron chi connectivity index (χ0n) is 27.7. The van der Waals surface area contributed by atoms with Gasteiger partial charge in [-0.25, -0.2) is 0 Å². The lowest BCUT2D eigenvalue weighted by Crippen LogP contribution is -1.91. The van der Waals surface area contributed by atoms with E-state index < -0.39 is 6.04 Å². The van der Waals surface area contributed by atoms with E-state index in [1.807, 2.05) is 103 Å². The van der Waals surface area contributed by atoms with Crippen molar-refractivity contribution in [1.82, 2.24) is 0 Å². The van der Waals surface area contributed by atoms with Crippen LogP contribution in [-0.4, -0.2) is 0 Å². The maximum atomic E-state index is 9.66. The lowest BCUT2D eigenvalue weighted by atomic mass is 9.84. The van der Waals surface area contributed by atoms with Gasteiger partial charge >= 0.3 is 0 Å². The van der Waals surface area contributed by atoms with Crippen LogP contribution in [0.2, 0.25) is 0 Å². The lowest BCUT2D eigenvalue weighted by molar-refractivity contribution is 0.669. The molecule has 0 atom stereocenters. The summed E-state index contributed by atoms with van der Waals surface area (Å²) in [6, 6.07) is 30.1. The van der Waals surface area contributed by atoms with Gasteiger partial charge in [0.1, 0.15) is 11.2 Å². The van der Waals surface area contributed by atoms with Gasteiger partial charge in [-0.3, -0.25) is 0 Å². The lowest BCUT2D eigenvalue weighted by Gasteiger charge is -2.19. The minimum absolute atomic E-state index is 0.0199. The maximum Gasteiger partial charge on any atom is 0.135 e. The van der Waals surface area contributed by atoms with Crippen molar-refractivity contribution in [3.8, 4) is 33.4 Å². The molecule has 7 aromatic carbocycles. The molecule has 0 saturated heterocycles. The molecule has 0 saturated carbocycles. The average Bonchev–Trinajstić information content (AvgIpc) is 3.46. The molecular weight excluding hydrogens is 472 g/mol. The van der Waals surface area contributed by atoms with Crippen molar-refractivity contribution in [3.05, 3.63) is 145 Å². The van der Waals surface area contributed by atoms with Crippen LogP contribution in [0.15, 0.2) is 150 Å². The predicted molar refractivity (Wildman–Crippen MR) is 165 cm³/mol. The van der Waals surface area contributed by atoms with E-state index in [0.717, 1.165) is 10.8 Å². The first kappa shape index (κ1) is 16.0. The van der Waals surface area contributed by atoms with Crippen molar-refractivity contribution in [2.75, 3.05) is 0 Å². The SMILES string of the molecule is [2H]c1c([2H])c([2H])c2c(-c3ccccc3)c3c([2H])c(-c4ccccc4)c([2H])c([2H])c3c(-c3ccc4oc5ccccc5c4c3)c2c1[2H]. The van der Waals surface area contributed by atoms with Gasteiger partial charge in [0, 0.05) is 10.8 Å². The van der Waals surface area contributed by atoms with E-state index in [2.05, 4.69) is 0 Å². The van der Waals surface area contributed by atoms with Gasteiger partial charge in [0.15, 0.2) is 0 Å². The third-order valence-electron chi connectivity index (χ3n) is 7.29. The normalized spacial score (nSPS) is 14.1. The van der Waals surface area contributed by atoms with E-state index in [1.165, 1.54) is 0 Å². The zero-order valence-corrected chi connectivity index (χ0v) is 20.7. The average molecular weight is 504 g/mol. The first-order valence-corrected chi connectivity index (χ1v) is 12.8. The van der Waals surface area contributed by atoms with Crippen molar-refractivity contribution in [2.24, 2.45) is 0 Å². The van der Waals surface area contributed by atoms with Crippen LogP contribution in [0.3, 0.4) is 0 Å². The fourth-order valence-corrected chi connectivity index (χ4v) is 5.53. The van der Waals surface area contributed by atoms with Gasteiger partial charge in [-0.15, -0.1) is 0 Å². The van der Waals surface area contributed by atoms with Crippen LogP contribution in [0.1, 0.15) is 9.60 Å². The second-order valence-electron chi connectivity index (χ2n) is 9.54. The molecule has 0 N–H and O–H groups in total. The third kappa shape index (κ3) is 3.48. The molecule has 1 heteroatoms. The molecule has 0 amide bonds. The Morgan fingerprint density at radius 1 is 0.410 bits per heavy atom. The van der Waals surface area contributed by atoms with E-state index in [-0.39, 0.29) is 52.6 Å². The summed E-state index contributed by atoms with van der Waals surface area (Å²) >= 11 is 0. The van der Waals surface area contributed by atoms with Crippen LogP contribution >= 0.6 is 0 Å². The van der Waals surface area contributed by atoms with Crippen LogP contribution in [0.4, 0.5) is 0 Å². The summed E-state index contributed by atoms with van der Waals surface area (Å²) in [6.45, 7) is 0. The molecule has 0 aliphatic carbocycles. The Morgan fingerprint density at radius 3 is 1.79 bits per heavy atom. The van der Waals surface area contributed by atoms with Crippen LogP contribution < -0.4 is 0 Å². The van der Waals surface area contributed by atoms with Crippen molar-refractivity contribution in [2.45, 2.75) is 0 Å². The standard InChI is InChI=1S/C38H24O/c1-3-11-25(12-4-1)27-19-21-32-34(23-27)37(26-13-5-2-6-14-26)30-16-7-8-17-31(30)38(32)28-20-22-36-33(24-28)29-15-9-10-18-35(29)39-36/h1-24H/i7D,8D,16D,17D,19D,21D,23D. The quantitative estimate of drug-likeness (QED) is 0.219. The summed E-state index contributed by atoms with van der Waals surface area (Å²) in [5.41, 5.74) is 4.34. The van der Waals surface area contributed by atoms with Crippen molar-refractivity contribution < 1.29 is 14.0 Å². The van der Waals surface area contributed by atoms with E-state index >= 15 is 0 Å². The molecule has 0 aliphatic rings. The fraction of sp³-hybridized carbons (Fsp3) is 0. The van der Waals surface area contributed by atoms with Gasteiger partial charge in [0.25, 0.3) is 0 Å². The number of furan rings is 1. The highest BCUT2D eigenvalue weighted by Gasteiger charge is 2.18. The Hall–Kier alpha value is -5.14. The smallest absolute Gasteiger partial charge is 0.135 e. The van der Waals surface area contributed by atoms with Crippen LogP contribution in [0.25, 0.3) is 76.9 Å². The molecule has 182 valence electrons. The second-order valence-corrected chi connectivity index (χ2v) is 9.54. The van der Waals surface area contributed by atoms with E-state index in [9.17, 15) is 6.85 Å². The molecule has 1 heterocycles. The number of rotatable bonds is 3. The molecule has 39 heavy (non-hydrogen) atoms. The van der Waals surface area contributed by atoms with Crippen molar-refractivity contribution in [3.63, 3.8) is 0 Å². The largest absolute Gasteiger partial charge is 0.456 e. The molecule has 0 unspecified atom stereocenters. The molecule has 1 nitrogen and oxygen atoms in total. The summed E-state index contributed by atoms with van der Waals surface area (Å²) in [4.78, 5) is 0. The zero-order chi connectivity index (χ0) is 31.9. The van der Waals surface area contributed by atoms with E-state index in [4.69, 9.17) is 7.16 Å². The van der Waals surface area contributed by atoms with Crippen LogP contribution in [-0.2, 0) is 0 Å². The maximum absolute atomic E-state index is 9.66. The van der Waals surface area contributed by atoms with Gasteiger partial charge in [0.05, 0.1) is 9.60 Å². The van der Waals surface area contributed by atoms with Gasteiger partial charge in [0.2, 0.25) is 0 Å². The monoisotopic (exact) mass is 503 g/mol. The Kier molecular flexibility index (Phi) is 3.57. The highest BCUT2D eigenvalue weighted by molar-refractivity contribution is 6.22. The van der Waals surface area contributed by atoms with E-state index in [0.29, 0.717) is 49.8 Å². The molecule has 0 spiro atoms. The fourth-order valence-electron chi connectivity index (χ4n) is 5.53. The third-order valence-corrected chi connectivity index (χ3v) is 7.29. The number of hydrogen-bond donors (Lipinski definition) is 0. The second kappa shape index (κ2) is 8.72. The first-order valence-electron chi connectivity index (χ1n) is 16.3. The molecular formula is C38H24O. The summed E-state index contributed by atoms with van der Waals surface area (Å²) in [6.07, 6.45) is 0. The summed E-state index contributed by atoms with van der Waals surface area (Å²) in [5.74, 6) is 0. The van der Waals surface area contributed by atoms with Gasteiger partial charge in [-0.05, 0) is 79.2 Å². The van der Waals surface area contributed by atoms with Crippen molar-refractivity contribution in [1.29, 1.82) is 0 Å².